The summed E-state index contributed by atoms with van der Waals surface area (Å²) in [6.07, 6.45) is 0. The lowest BCUT2D eigenvalue weighted by Crippen LogP contribution is -1.97. The fraction of sp³-hybridized carbons (Fsp3) is 0. The molecule has 0 aliphatic carbocycles. The Balaban J connectivity index is 1.40. The van der Waals surface area contributed by atoms with Crippen LogP contribution in [0.3, 0.4) is 0 Å². The lowest BCUT2D eigenvalue weighted by atomic mass is 9.85. The normalized spacial score (nSPS) is 13.0. The van der Waals surface area contributed by atoms with E-state index in [1.807, 2.05) is 158 Å². The number of rotatable bonds is 6. The molecule has 1 aliphatic heterocycles. The van der Waals surface area contributed by atoms with Gasteiger partial charge in [-0.2, -0.15) is 0 Å². The van der Waals surface area contributed by atoms with Gasteiger partial charge in [0.1, 0.15) is 11.5 Å². The summed E-state index contributed by atoms with van der Waals surface area (Å²) < 4.78 is 32.7. The van der Waals surface area contributed by atoms with E-state index >= 15 is 0 Å². The van der Waals surface area contributed by atoms with Crippen LogP contribution in [0.1, 0.15) is 0 Å². The summed E-state index contributed by atoms with van der Waals surface area (Å²) >= 11 is 0. The summed E-state index contributed by atoms with van der Waals surface area (Å²) in [6.45, 7) is 0. The molecule has 1 aliphatic rings. The van der Waals surface area contributed by atoms with Crippen molar-refractivity contribution < 1.29 is 28.1 Å². The molecular weight excluding hydrogens is 686 g/mol. The third kappa shape index (κ3) is 5.37. The predicted molar refractivity (Wildman–Crippen MR) is 210 cm³/mol. The van der Waals surface area contributed by atoms with E-state index in [-0.39, 0.29) is 5.75 Å². The highest BCUT2D eigenvalue weighted by atomic mass is 31.1. The lowest BCUT2D eigenvalue weighted by molar-refractivity contribution is 0.422. The molecule has 0 saturated carbocycles. The quantitative estimate of drug-likeness (QED) is 0.167. The molecule has 0 saturated heterocycles. The van der Waals surface area contributed by atoms with Gasteiger partial charge in [0.2, 0.25) is 20.5 Å². The van der Waals surface area contributed by atoms with Gasteiger partial charge in [0.15, 0.2) is 0 Å². The largest absolute Gasteiger partial charge is 0.805 e. The number of phenolic OH excluding ortho intramolecular Hbond substituents is 1. The molecule has 8 aromatic rings. The van der Waals surface area contributed by atoms with Crippen LogP contribution < -0.4 is 13.6 Å². The molecule has 0 fully saturated rings. The van der Waals surface area contributed by atoms with E-state index in [1.165, 1.54) is 0 Å². The molecule has 0 radical (unpaired) electrons. The molecule has 6 nitrogen and oxygen atoms in total. The van der Waals surface area contributed by atoms with E-state index in [0.717, 1.165) is 43.8 Å². The summed E-state index contributed by atoms with van der Waals surface area (Å²) in [5.41, 5.74) is 7.01. The van der Waals surface area contributed by atoms with Gasteiger partial charge in [-0.1, -0.05) is 146 Å². The Hall–Kier alpha value is -6.03. The molecule has 52 heavy (non-hydrogen) atoms. The Kier molecular flexibility index (Phi) is 8.14. The standard InChI is InChI=1S/C44H28O6P2/c45-41-33(27-13-3-1-4-14-27)21-11-23-35(41)37-25-29-17-7-9-19-31(29)39(43(37)48-51-46)40-32-20-10-8-18-30(32)26-38-36-24-12-22-34(28-15-5-2-6-16-28)42(36)49-52(47)50-44(38)40/h1-26,46,51H/p+1. The second kappa shape index (κ2) is 13.3. The topological polar surface area (TPSA) is 85.2 Å². The number of phenols is 1. The minimum atomic E-state index is -2.69. The van der Waals surface area contributed by atoms with Gasteiger partial charge >= 0.3 is 8.25 Å². The molecule has 8 aromatic carbocycles. The third-order valence-corrected chi connectivity index (χ3v) is 10.5. The maximum atomic E-state index is 13.9. The van der Waals surface area contributed by atoms with Crippen LogP contribution in [0.15, 0.2) is 158 Å². The molecule has 1 heterocycles. The molecule has 2 unspecified atom stereocenters. The summed E-state index contributed by atoms with van der Waals surface area (Å²) in [5, 5.41) is 15.3. The molecule has 250 valence electrons. The van der Waals surface area contributed by atoms with Crippen molar-refractivity contribution in [2.45, 2.75) is 0 Å². The Morgan fingerprint density at radius 2 is 1.02 bits per heavy atom. The molecule has 2 atom stereocenters. The number of fused-ring (bicyclic) bond motifs is 5. The average molecular weight is 716 g/mol. The van der Waals surface area contributed by atoms with Gasteiger partial charge in [0, 0.05) is 49.1 Å². The maximum Gasteiger partial charge on any atom is 0.805 e. The molecule has 0 spiro atoms. The Bertz CT molecular complexity index is 2680. The van der Waals surface area contributed by atoms with Crippen molar-refractivity contribution in [1.82, 2.24) is 0 Å². The molecule has 9 rings (SSSR count). The molecule has 0 aromatic heterocycles. The van der Waals surface area contributed by atoms with E-state index in [9.17, 15) is 14.6 Å². The Morgan fingerprint density at radius 3 is 1.69 bits per heavy atom. The highest BCUT2D eigenvalue weighted by molar-refractivity contribution is 7.34. The molecule has 2 N–H and O–H groups in total. The summed E-state index contributed by atoms with van der Waals surface area (Å²) in [4.78, 5) is 10.5. The summed E-state index contributed by atoms with van der Waals surface area (Å²) in [5.74, 6) is 1.25. The van der Waals surface area contributed by atoms with Crippen molar-refractivity contribution in [2.75, 3.05) is 0 Å². The molecular formula is C44H29O6P2+. The number of hydrogen-bond donors (Lipinski definition) is 2. The zero-order chi connectivity index (χ0) is 35.2. The van der Waals surface area contributed by atoms with E-state index in [0.29, 0.717) is 50.6 Å². The molecule has 0 bridgehead atoms. The Morgan fingerprint density at radius 1 is 0.500 bits per heavy atom. The lowest BCUT2D eigenvalue weighted by Gasteiger charge is -2.21. The summed E-state index contributed by atoms with van der Waals surface area (Å²) in [7, 11) is -3.60. The molecule has 0 amide bonds. The van der Waals surface area contributed by atoms with Crippen molar-refractivity contribution in [2.24, 2.45) is 0 Å². The van der Waals surface area contributed by atoms with Crippen molar-refractivity contribution in [1.29, 1.82) is 0 Å². The smallest absolute Gasteiger partial charge is 0.507 e. The number of para-hydroxylation sites is 2. The number of hydrogen-bond acceptors (Lipinski definition) is 6. The average Bonchev–Trinajstić information content (AvgIpc) is 3.33. The van der Waals surface area contributed by atoms with Crippen LogP contribution in [-0.2, 0) is 4.57 Å². The van der Waals surface area contributed by atoms with Crippen LogP contribution in [0, 0.1) is 0 Å². The van der Waals surface area contributed by atoms with Crippen LogP contribution in [0.5, 0.6) is 23.0 Å². The first-order valence-corrected chi connectivity index (χ1v) is 18.6. The third-order valence-electron chi connectivity index (χ3n) is 9.53. The zero-order valence-electron chi connectivity index (χ0n) is 27.5. The van der Waals surface area contributed by atoms with Gasteiger partial charge in [-0.3, -0.25) is 0 Å². The van der Waals surface area contributed by atoms with Gasteiger partial charge in [-0.05, 0) is 44.8 Å². The van der Waals surface area contributed by atoms with E-state index in [4.69, 9.17) is 13.6 Å². The van der Waals surface area contributed by atoms with Gasteiger partial charge in [-0.25, -0.2) is 9.05 Å². The van der Waals surface area contributed by atoms with Crippen LogP contribution in [0.4, 0.5) is 0 Å². The zero-order valence-corrected chi connectivity index (χ0v) is 29.4. The van der Waals surface area contributed by atoms with Crippen molar-refractivity contribution in [3.05, 3.63) is 158 Å². The fourth-order valence-corrected chi connectivity index (χ4v) is 8.30. The van der Waals surface area contributed by atoms with Crippen LogP contribution in [0.25, 0.3) is 77.2 Å². The minimum absolute atomic E-state index is 0.0768. The van der Waals surface area contributed by atoms with Crippen molar-refractivity contribution in [3.8, 4) is 78.6 Å². The minimum Gasteiger partial charge on any atom is -0.507 e. The first-order chi connectivity index (χ1) is 25.6. The van der Waals surface area contributed by atoms with Gasteiger partial charge in [0.25, 0.3) is 0 Å². The van der Waals surface area contributed by atoms with Crippen molar-refractivity contribution in [3.63, 3.8) is 0 Å². The fourth-order valence-electron chi connectivity index (χ4n) is 7.27. The van der Waals surface area contributed by atoms with E-state index in [1.54, 1.807) is 0 Å². The van der Waals surface area contributed by atoms with Gasteiger partial charge in [0.05, 0.1) is 0 Å². The number of aromatic hydroxyl groups is 1. The molecule has 8 heteroatoms. The maximum absolute atomic E-state index is 13.9. The van der Waals surface area contributed by atoms with Gasteiger partial charge in [-0.15, -0.1) is 0 Å². The predicted octanol–water partition coefficient (Wildman–Crippen LogP) is 12.3. The second-order valence-corrected chi connectivity index (χ2v) is 13.6. The Labute approximate surface area is 302 Å². The van der Waals surface area contributed by atoms with Crippen LogP contribution in [0.2, 0.25) is 0 Å². The van der Waals surface area contributed by atoms with Crippen LogP contribution >= 0.6 is 17.3 Å². The first kappa shape index (κ1) is 31.9. The van der Waals surface area contributed by atoms with Gasteiger partial charge < -0.3 is 14.5 Å². The monoisotopic (exact) mass is 715 g/mol. The number of benzene rings is 8. The van der Waals surface area contributed by atoms with Crippen molar-refractivity contribution >= 4 is 38.8 Å². The highest BCUT2D eigenvalue weighted by Gasteiger charge is 2.38. The van der Waals surface area contributed by atoms with E-state index in [2.05, 4.69) is 0 Å². The first-order valence-electron chi connectivity index (χ1n) is 16.7. The SMILES string of the molecule is O=[P+]1Oc2c(-c3ccccc3)cccc2-c2cc3ccccc3c(-c3c(OPO)c(-c4cccc(-c5ccccc5)c4O)cc4ccccc34)c2O1. The van der Waals surface area contributed by atoms with Crippen LogP contribution in [-0.4, -0.2) is 10.00 Å². The van der Waals surface area contributed by atoms with E-state index < -0.39 is 17.3 Å². The highest BCUT2D eigenvalue weighted by Crippen LogP contribution is 2.58. The summed E-state index contributed by atoms with van der Waals surface area (Å²) in [6, 6.07) is 50.8. The second-order valence-electron chi connectivity index (χ2n) is 12.4.